The highest BCUT2D eigenvalue weighted by Gasteiger charge is 2.41. The van der Waals surface area contributed by atoms with Crippen molar-refractivity contribution < 1.29 is 29.3 Å². The Morgan fingerprint density at radius 1 is 1.35 bits per heavy atom. The van der Waals surface area contributed by atoms with Gasteiger partial charge < -0.3 is 14.9 Å². The lowest BCUT2D eigenvalue weighted by molar-refractivity contribution is -0.150. The highest BCUT2D eigenvalue weighted by molar-refractivity contribution is 8.26. The Kier molecular flexibility index (Phi) is 6.53. The summed E-state index contributed by atoms with van der Waals surface area (Å²) in [6.07, 6.45) is 2.38. The molecule has 1 heterocycles. The van der Waals surface area contributed by atoms with Crippen molar-refractivity contribution in [2.24, 2.45) is 0 Å². The van der Waals surface area contributed by atoms with Crippen molar-refractivity contribution >= 4 is 52.2 Å². The molecule has 0 aliphatic carbocycles. The number of carbonyl (C=O) groups excluding carboxylic acids is 1. The number of ether oxygens (including phenoxy) is 1. The van der Waals surface area contributed by atoms with Crippen molar-refractivity contribution in [2.75, 3.05) is 6.61 Å². The van der Waals surface area contributed by atoms with Gasteiger partial charge in [-0.25, -0.2) is 4.79 Å². The van der Waals surface area contributed by atoms with E-state index in [1.807, 2.05) is 0 Å². The number of hydrogen-bond acceptors (Lipinski definition) is 6. The number of thiocarbonyl (C=S) groups is 1. The fraction of sp³-hybridized carbons (Fsp3) is 0.176. The van der Waals surface area contributed by atoms with Gasteiger partial charge in [-0.1, -0.05) is 54.8 Å². The van der Waals surface area contributed by atoms with Gasteiger partial charge in [-0.05, 0) is 12.1 Å². The van der Waals surface area contributed by atoms with Crippen molar-refractivity contribution in [1.82, 2.24) is 4.90 Å². The first-order valence-electron chi connectivity index (χ1n) is 7.39. The van der Waals surface area contributed by atoms with Crippen molar-refractivity contribution in [1.29, 1.82) is 0 Å². The normalized spacial score (nSPS) is 16.6. The van der Waals surface area contributed by atoms with E-state index < -0.39 is 30.3 Å². The van der Waals surface area contributed by atoms with Crippen molar-refractivity contribution in [2.45, 2.75) is 12.5 Å². The highest BCUT2D eigenvalue weighted by Crippen LogP contribution is 2.36. The second-order valence-electron chi connectivity index (χ2n) is 5.14. The molecule has 1 atom stereocenters. The molecular weight excluding hydrogens is 378 g/mol. The quantitative estimate of drug-likeness (QED) is 0.394. The van der Waals surface area contributed by atoms with Crippen LogP contribution in [-0.2, 0) is 14.4 Å². The smallest absolute Gasteiger partial charge is 0.327 e. The molecule has 1 saturated heterocycles. The highest BCUT2D eigenvalue weighted by atomic mass is 32.2. The number of thioether (sulfide) groups is 1. The molecular formula is C17H15NO6S2. The van der Waals surface area contributed by atoms with Gasteiger partial charge in [-0.2, -0.15) is 0 Å². The Balaban J connectivity index is 2.33. The summed E-state index contributed by atoms with van der Waals surface area (Å²) in [7, 11) is 0. The summed E-state index contributed by atoms with van der Waals surface area (Å²) in [5.41, 5.74) is 0.611. The van der Waals surface area contributed by atoms with Gasteiger partial charge in [-0.15, -0.1) is 0 Å². The maximum Gasteiger partial charge on any atom is 0.327 e. The fourth-order valence-corrected chi connectivity index (χ4v) is 3.57. The van der Waals surface area contributed by atoms with Crippen LogP contribution in [0.4, 0.5) is 0 Å². The molecule has 1 aromatic rings. The van der Waals surface area contributed by atoms with Crippen LogP contribution in [-0.4, -0.2) is 49.9 Å². The number of rotatable bonds is 8. The lowest BCUT2D eigenvalue weighted by atomic mass is 10.1. The first-order valence-corrected chi connectivity index (χ1v) is 8.62. The maximum atomic E-state index is 12.6. The molecule has 1 fully saturated rings. The molecule has 1 aliphatic rings. The zero-order valence-corrected chi connectivity index (χ0v) is 15.1. The van der Waals surface area contributed by atoms with E-state index in [-0.39, 0.29) is 15.8 Å². The molecule has 0 radical (unpaired) electrons. The third-order valence-corrected chi connectivity index (χ3v) is 4.68. The molecule has 26 heavy (non-hydrogen) atoms. The standard InChI is InChI=1S/C17H15NO6S2/c1-2-7-24-12-6-4-3-5-10(12)8-13-15(21)18(17(25)26-13)11(16(22)23)9-14(19)20/h2-6,8,11H,1,7,9H2,(H,19,20)(H,22,23)/b13-8-. The lowest BCUT2D eigenvalue weighted by Gasteiger charge is -2.21. The summed E-state index contributed by atoms with van der Waals surface area (Å²) >= 11 is 6.01. The van der Waals surface area contributed by atoms with Crippen molar-refractivity contribution in [3.05, 3.63) is 47.4 Å². The second kappa shape index (κ2) is 8.63. The molecule has 0 saturated carbocycles. The molecule has 7 nitrogen and oxygen atoms in total. The Hall–Kier alpha value is -2.65. The monoisotopic (exact) mass is 393 g/mol. The summed E-state index contributed by atoms with van der Waals surface area (Å²) < 4.78 is 5.52. The number of benzene rings is 1. The summed E-state index contributed by atoms with van der Waals surface area (Å²) in [5.74, 6) is -2.89. The molecule has 1 amide bonds. The Labute approximate surface area is 158 Å². The van der Waals surface area contributed by atoms with Gasteiger partial charge in [0.1, 0.15) is 22.7 Å². The van der Waals surface area contributed by atoms with E-state index in [1.165, 1.54) is 6.08 Å². The summed E-state index contributed by atoms with van der Waals surface area (Å²) in [5, 5.41) is 18.2. The van der Waals surface area contributed by atoms with Crippen LogP contribution in [0.1, 0.15) is 12.0 Å². The summed E-state index contributed by atoms with van der Waals surface area (Å²) in [6.45, 7) is 3.86. The number of carboxylic acid groups (broad SMARTS) is 2. The number of nitrogens with zero attached hydrogens (tertiary/aromatic N) is 1. The van der Waals surface area contributed by atoms with Gasteiger partial charge in [0, 0.05) is 5.56 Å². The molecule has 9 heteroatoms. The van der Waals surface area contributed by atoms with Gasteiger partial charge >= 0.3 is 11.9 Å². The molecule has 2 rings (SSSR count). The minimum absolute atomic E-state index is 0.000564. The third kappa shape index (κ3) is 4.50. The van der Waals surface area contributed by atoms with E-state index in [4.69, 9.17) is 22.1 Å². The number of amides is 1. The molecule has 1 aliphatic heterocycles. The zero-order chi connectivity index (χ0) is 19.3. The van der Waals surface area contributed by atoms with E-state index in [9.17, 15) is 19.5 Å². The zero-order valence-electron chi connectivity index (χ0n) is 13.5. The number of aliphatic carboxylic acids is 2. The van der Waals surface area contributed by atoms with Gasteiger partial charge in [-0.3, -0.25) is 14.5 Å². The average molecular weight is 393 g/mol. The van der Waals surface area contributed by atoms with Crippen LogP contribution in [0.15, 0.2) is 41.8 Å². The predicted molar refractivity (Wildman–Crippen MR) is 101 cm³/mol. The number of carboxylic acids is 2. The van der Waals surface area contributed by atoms with Crippen LogP contribution in [0.2, 0.25) is 0 Å². The Morgan fingerprint density at radius 2 is 2.04 bits per heavy atom. The maximum absolute atomic E-state index is 12.6. The van der Waals surface area contributed by atoms with Gasteiger partial charge in [0.2, 0.25) is 0 Å². The van der Waals surface area contributed by atoms with E-state index in [0.29, 0.717) is 11.3 Å². The van der Waals surface area contributed by atoms with Crippen molar-refractivity contribution in [3.63, 3.8) is 0 Å². The van der Waals surface area contributed by atoms with Crippen LogP contribution >= 0.6 is 24.0 Å². The second-order valence-corrected chi connectivity index (χ2v) is 6.82. The third-order valence-electron chi connectivity index (χ3n) is 3.35. The molecule has 1 unspecified atom stereocenters. The molecule has 0 aromatic heterocycles. The van der Waals surface area contributed by atoms with Gasteiger partial charge in [0.25, 0.3) is 5.91 Å². The summed E-state index contributed by atoms with van der Waals surface area (Å²) in [4.78, 5) is 35.9. The largest absolute Gasteiger partial charge is 0.489 e. The molecule has 0 bridgehead atoms. The Bertz CT molecular complexity index is 804. The van der Waals surface area contributed by atoms with E-state index in [2.05, 4.69) is 6.58 Å². The van der Waals surface area contributed by atoms with Crippen LogP contribution in [0.25, 0.3) is 6.08 Å². The van der Waals surface area contributed by atoms with Gasteiger partial charge in [0.15, 0.2) is 0 Å². The van der Waals surface area contributed by atoms with Gasteiger partial charge in [0.05, 0.1) is 11.3 Å². The number of hydrogen-bond donors (Lipinski definition) is 2. The minimum atomic E-state index is -1.56. The first-order chi connectivity index (χ1) is 12.3. The van der Waals surface area contributed by atoms with Crippen LogP contribution in [0.5, 0.6) is 5.75 Å². The fourth-order valence-electron chi connectivity index (χ4n) is 2.22. The number of carbonyl (C=O) groups is 3. The molecule has 2 N–H and O–H groups in total. The van der Waals surface area contributed by atoms with Crippen molar-refractivity contribution in [3.8, 4) is 5.75 Å². The molecule has 1 aromatic carbocycles. The van der Waals surface area contributed by atoms with Crippen LogP contribution in [0.3, 0.4) is 0 Å². The van der Waals surface area contributed by atoms with Crippen LogP contribution in [0, 0.1) is 0 Å². The van der Waals surface area contributed by atoms with E-state index in [1.54, 1.807) is 30.3 Å². The Morgan fingerprint density at radius 3 is 2.65 bits per heavy atom. The molecule has 0 spiro atoms. The van der Waals surface area contributed by atoms with E-state index in [0.717, 1.165) is 16.7 Å². The average Bonchev–Trinajstić information content (AvgIpc) is 2.85. The predicted octanol–water partition coefficient (Wildman–Crippen LogP) is 2.38. The topological polar surface area (TPSA) is 104 Å². The minimum Gasteiger partial charge on any atom is -0.489 e. The lowest BCUT2D eigenvalue weighted by Crippen LogP contribution is -2.45. The SMILES string of the molecule is C=CCOc1ccccc1/C=C1\SC(=S)N(C(CC(=O)O)C(=O)O)C1=O. The summed E-state index contributed by atoms with van der Waals surface area (Å²) in [6, 6.07) is 5.43. The number of para-hydroxylation sites is 1. The molecule has 136 valence electrons. The van der Waals surface area contributed by atoms with E-state index >= 15 is 0 Å². The first kappa shape index (κ1) is 19.7. The van der Waals surface area contributed by atoms with Crippen LogP contribution < -0.4 is 4.74 Å².